The number of para-hydroxylation sites is 1. The number of carbonyl (C=O) groups is 1. The molecule has 1 aliphatic rings. The van der Waals surface area contributed by atoms with Crippen LogP contribution in [0, 0.1) is 10.1 Å². The molecule has 0 spiro atoms. The van der Waals surface area contributed by atoms with Crippen molar-refractivity contribution in [3.63, 3.8) is 0 Å². The van der Waals surface area contributed by atoms with Crippen molar-refractivity contribution in [2.24, 2.45) is 0 Å². The first-order valence-electron chi connectivity index (χ1n) is 9.42. The van der Waals surface area contributed by atoms with Gasteiger partial charge in [-0.1, -0.05) is 48.5 Å². The predicted molar refractivity (Wildman–Crippen MR) is 112 cm³/mol. The van der Waals surface area contributed by atoms with Crippen molar-refractivity contribution in [1.82, 2.24) is 10.2 Å². The lowest BCUT2D eigenvalue weighted by molar-refractivity contribution is -0.384. The lowest BCUT2D eigenvalue weighted by atomic mass is 9.95. The summed E-state index contributed by atoms with van der Waals surface area (Å²) in [5.41, 5.74) is 4.31. The Morgan fingerprint density at radius 3 is 2.17 bits per heavy atom. The van der Waals surface area contributed by atoms with E-state index in [1.54, 1.807) is 17.0 Å². The number of hydrogen-bond acceptors (Lipinski definition) is 4. The Balaban J connectivity index is 1.71. The molecule has 0 bridgehead atoms. The summed E-state index contributed by atoms with van der Waals surface area (Å²) in [7, 11) is 0. The topological polar surface area (TPSA) is 92.1 Å². The van der Waals surface area contributed by atoms with Gasteiger partial charge >= 0.3 is 0 Å². The van der Waals surface area contributed by atoms with E-state index in [1.807, 2.05) is 60.7 Å². The molecule has 1 unspecified atom stereocenters. The molecule has 2 heterocycles. The van der Waals surface area contributed by atoms with Crippen LogP contribution >= 0.6 is 0 Å². The van der Waals surface area contributed by atoms with Crippen LogP contribution in [0.5, 0.6) is 0 Å². The van der Waals surface area contributed by atoms with Gasteiger partial charge in [0.2, 0.25) is 0 Å². The molecule has 30 heavy (non-hydrogen) atoms. The number of aromatic nitrogens is 2. The number of carbonyl (C=O) groups excluding carboxylic acids is 1. The van der Waals surface area contributed by atoms with E-state index in [0.29, 0.717) is 11.4 Å². The summed E-state index contributed by atoms with van der Waals surface area (Å²) in [6.07, 6.45) is 0. The van der Waals surface area contributed by atoms with E-state index in [2.05, 4.69) is 10.2 Å². The molecule has 5 rings (SSSR count). The van der Waals surface area contributed by atoms with Crippen molar-refractivity contribution in [1.29, 1.82) is 0 Å². The van der Waals surface area contributed by atoms with Crippen molar-refractivity contribution in [3.8, 4) is 11.3 Å². The average Bonchev–Trinajstić information content (AvgIpc) is 3.34. The van der Waals surface area contributed by atoms with E-state index in [4.69, 9.17) is 0 Å². The fourth-order valence-corrected chi connectivity index (χ4v) is 3.91. The first kappa shape index (κ1) is 17.8. The van der Waals surface area contributed by atoms with Crippen LogP contribution in [0.4, 0.5) is 11.4 Å². The fraction of sp³-hybridized carbons (Fsp3) is 0.0435. The molecule has 1 aliphatic heterocycles. The van der Waals surface area contributed by atoms with Gasteiger partial charge in [0.15, 0.2) is 0 Å². The van der Waals surface area contributed by atoms with Gasteiger partial charge in [-0.3, -0.25) is 24.9 Å². The molecule has 0 fully saturated rings. The van der Waals surface area contributed by atoms with Gasteiger partial charge in [-0.25, -0.2) is 0 Å². The van der Waals surface area contributed by atoms with E-state index in [0.717, 1.165) is 22.4 Å². The number of fused-ring (bicyclic) bond motifs is 1. The maximum Gasteiger partial charge on any atom is 0.277 e. The second-order valence-corrected chi connectivity index (χ2v) is 6.99. The number of nitrogens with one attached hydrogen (secondary N) is 1. The summed E-state index contributed by atoms with van der Waals surface area (Å²) in [5.74, 6) is -0.186. The van der Waals surface area contributed by atoms with E-state index in [9.17, 15) is 14.9 Å². The molecule has 1 atom stereocenters. The first-order chi connectivity index (χ1) is 14.6. The minimum atomic E-state index is -0.454. The van der Waals surface area contributed by atoms with Crippen LogP contribution in [-0.2, 0) is 0 Å². The summed E-state index contributed by atoms with van der Waals surface area (Å²) in [6.45, 7) is 0. The lowest BCUT2D eigenvalue weighted by Gasteiger charge is -2.26. The third-order valence-corrected chi connectivity index (χ3v) is 5.27. The third kappa shape index (κ3) is 2.76. The number of nitro benzene ring substituents is 1. The van der Waals surface area contributed by atoms with Crippen LogP contribution < -0.4 is 4.90 Å². The second kappa shape index (κ2) is 6.97. The maximum absolute atomic E-state index is 13.3. The second-order valence-electron chi connectivity index (χ2n) is 6.99. The van der Waals surface area contributed by atoms with Crippen molar-refractivity contribution < 1.29 is 9.72 Å². The fourth-order valence-electron chi connectivity index (χ4n) is 3.91. The van der Waals surface area contributed by atoms with Gasteiger partial charge in [-0.2, -0.15) is 5.10 Å². The van der Waals surface area contributed by atoms with Crippen LogP contribution in [0.1, 0.15) is 27.7 Å². The number of nitrogens with zero attached hydrogens (tertiary/aromatic N) is 3. The molecule has 4 aromatic rings. The van der Waals surface area contributed by atoms with Gasteiger partial charge in [0.1, 0.15) is 5.69 Å². The van der Waals surface area contributed by atoms with Gasteiger partial charge in [-0.05, 0) is 29.8 Å². The van der Waals surface area contributed by atoms with E-state index < -0.39 is 11.0 Å². The van der Waals surface area contributed by atoms with E-state index >= 15 is 0 Å². The average molecular weight is 396 g/mol. The molecule has 146 valence electrons. The molecule has 1 aromatic heterocycles. The smallest absolute Gasteiger partial charge is 0.277 e. The highest BCUT2D eigenvalue weighted by Gasteiger charge is 2.43. The molecule has 3 aromatic carbocycles. The summed E-state index contributed by atoms with van der Waals surface area (Å²) in [6, 6.07) is 24.9. The minimum Gasteiger partial charge on any atom is -0.295 e. The van der Waals surface area contributed by atoms with Crippen LogP contribution in [0.25, 0.3) is 11.3 Å². The van der Waals surface area contributed by atoms with Crippen molar-refractivity contribution in [3.05, 3.63) is 112 Å². The molecule has 0 aliphatic carbocycles. The normalized spacial score (nSPS) is 15.3. The summed E-state index contributed by atoms with van der Waals surface area (Å²) >= 11 is 0. The molecule has 7 heteroatoms. The van der Waals surface area contributed by atoms with Gasteiger partial charge < -0.3 is 0 Å². The molecule has 1 amide bonds. The van der Waals surface area contributed by atoms with Gasteiger partial charge in [-0.15, -0.1) is 0 Å². The zero-order valence-electron chi connectivity index (χ0n) is 15.7. The van der Waals surface area contributed by atoms with Crippen molar-refractivity contribution >= 4 is 17.3 Å². The highest BCUT2D eigenvalue weighted by molar-refractivity contribution is 6.11. The molecular formula is C23H16N4O3. The number of hydrogen-bond donors (Lipinski definition) is 1. The number of amides is 1. The number of nitro groups is 1. The zero-order chi connectivity index (χ0) is 20.7. The van der Waals surface area contributed by atoms with Crippen LogP contribution in [0.15, 0.2) is 84.9 Å². The van der Waals surface area contributed by atoms with Gasteiger partial charge in [0, 0.05) is 28.9 Å². The van der Waals surface area contributed by atoms with Crippen LogP contribution in [-0.4, -0.2) is 21.0 Å². The number of aromatic amines is 1. The first-order valence-corrected chi connectivity index (χ1v) is 9.42. The van der Waals surface area contributed by atoms with Gasteiger partial charge in [0.05, 0.1) is 16.7 Å². The number of non-ortho nitro benzene ring substituents is 1. The van der Waals surface area contributed by atoms with Crippen molar-refractivity contribution in [2.45, 2.75) is 6.04 Å². The van der Waals surface area contributed by atoms with Crippen LogP contribution in [0.3, 0.4) is 0 Å². The molecule has 0 radical (unpaired) electrons. The van der Waals surface area contributed by atoms with Crippen molar-refractivity contribution in [2.75, 3.05) is 4.90 Å². The lowest BCUT2D eigenvalue weighted by Crippen LogP contribution is -2.29. The molecule has 7 nitrogen and oxygen atoms in total. The summed E-state index contributed by atoms with van der Waals surface area (Å²) in [4.78, 5) is 25.7. The SMILES string of the molecule is O=C1c2[nH]nc(-c3ccccc3)c2C(c2ccc([N+](=O)[O-])cc2)N1c1ccccc1. The molecule has 0 saturated heterocycles. The largest absolute Gasteiger partial charge is 0.295 e. The van der Waals surface area contributed by atoms with Gasteiger partial charge in [0.25, 0.3) is 11.6 Å². The standard InChI is InChI=1S/C23H16N4O3/c28-23-21-19(20(24-25-21)15-7-3-1-4-8-15)22(26(23)17-9-5-2-6-10-17)16-11-13-18(14-12-16)27(29)30/h1-14,22H,(H,24,25). The summed E-state index contributed by atoms with van der Waals surface area (Å²) in [5, 5.41) is 18.4. The Morgan fingerprint density at radius 2 is 1.53 bits per heavy atom. The Morgan fingerprint density at radius 1 is 0.900 bits per heavy atom. The number of H-pyrrole nitrogens is 1. The molecule has 0 saturated carbocycles. The minimum absolute atomic E-state index is 0.00466. The van der Waals surface area contributed by atoms with E-state index in [1.165, 1.54) is 12.1 Å². The van der Waals surface area contributed by atoms with Crippen LogP contribution in [0.2, 0.25) is 0 Å². The monoisotopic (exact) mass is 396 g/mol. The highest BCUT2D eigenvalue weighted by atomic mass is 16.6. The Labute approximate surface area is 171 Å². The Hall–Kier alpha value is -4.26. The number of anilines is 1. The number of rotatable bonds is 4. The quantitative estimate of drug-likeness (QED) is 0.398. The third-order valence-electron chi connectivity index (χ3n) is 5.27. The maximum atomic E-state index is 13.3. The zero-order valence-corrected chi connectivity index (χ0v) is 15.7. The molecule has 1 N–H and O–H groups in total. The van der Waals surface area contributed by atoms with E-state index in [-0.39, 0.29) is 11.6 Å². The predicted octanol–water partition coefficient (Wildman–Crippen LogP) is 4.73. The molecular weight excluding hydrogens is 380 g/mol. The highest BCUT2D eigenvalue weighted by Crippen LogP contribution is 2.45. The summed E-state index contributed by atoms with van der Waals surface area (Å²) < 4.78 is 0. The Bertz CT molecular complexity index is 1230. The Kier molecular flexibility index (Phi) is 4.14. The number of benzene rings is 3.